The Labute approximate surface area is 142 Å². The predicted molar refractivity (Wildman–Crippen MR) is 99.5 cm³/mol. The van der Waals surface area contributed by atoms with Gasteiger partial charge < -0.3 is 5.32 Å². The van der Waals surface area contributed by atoms with Gasteiger partial charge in [-0.25, -0.2) is 0 Å². The van der Waals surface area contributed by atoms with E-state index >= 15 is 0 Å². The number of hydrogen-bond donors (Lipinski definition) is 1. The van der Waals surface area contributed by atoms with Gasteiger partial charge in [0.25, 0.3) is 0 Å². The Morgan fingerprint density at radius 3 is 2.38 bits per heavy atom. The molecule has 0 amide bonds. The third-order valence-electron chi connectivity index (χ3n) is 5.79. The quantitative estimate of drug-likeness (QED) is 0.680. The Kier molecular flexibility index (Phi) is 3.29. The van der Waals surface area contributed by atoms with Crippen molar-refractivity contribution in [3.05, 3.63) is 71.4 Å². The molecule has 1 heterocycles. The van der Waals surface area contributed by atoms with Crippen LogP contribution in [0.2, 0.25) is 0 Å². The molecule has 0 saturated heterocycles. The fourth-order valence-electron chi connectivity index (χ4n) is 4.60. The lowest BCUT2D eigenvalue weighted by Crippen LogP contribution is -2.24. The van der Waals surface area contributed by atoms with Crippen molar-refractivity contribution in [2.45, 2.75) is 44.1 Å². The van der Waals surface area contributed by atoms with Crippen molar-refractivity contribution in [2.75, 3.05) is 5.32 Å². The molecule has 3 aliphatic rings. The molecule has 1 saturated carbocycles. The van der Waals surface area contributed by atoms with Crippen molar-refractivity contribution in [3.8, 4) is 0 Å². The maximum atomic E-state index is 5.07. The van der Waals surface area contributed by atoms with Crippen LogP contribution < -0.4 is 5.32 Å². The van der Waals surface area contributed by atoms with Crippen molar-refractivity contribution in [3.63, 3.8) is 0 Å². The third kappa shape index (κ3) is 2.21. The number of aromatic nitrogens is 1. The van der Waals surface area contributed by atoms with Crippen LogP contribution in [0.3, 0.4) is 0 Å². The molecule has 2 aromatic carbocycles. The summed E-state index contributed by atoms with van der Waals surface area (Å²) in [6, 6.07) is 19.3. The van der Waals surface area contributed by atoms with Crippen LogP contribution in [-0.4, -0.2) is 4.98 Å². The highest BCUT2D eigenvalue weighted by Crippen LogP contribution is 2.52. The molecule has 0 atom stereocenters. The SMILES string of the molecule is c1ccc(CNc2c3c(nc4ccccc24)C2CCC3CC2)cc1. The van der Waals surface area contributed by atoms with E-state index in [1.165, 1.54) is 53.6 Å². The highest BCUT2D eigenvalue weighted by Gasteiger charge is 2.36. The summed E-state index contributed by atoms with van der Waals surface area (Å²) in [5.74, 6) is 1.37. The molecule has 1 fully saturated rings. The van der Waals surface area contributed by atoms with E-state index in [-0.39, 0.29) is 0 Å². The minimum absolute atomic E-state index is 0.673. The summed E-state index contributed by atoms with van der Waals surface area (Å²) in [4.78, 5) is 5.07. The molecular weight excluding hydrogens is 292 g/mol. The Bertz CT molecular complexity index is 877. The monoisotopic (exact) mass is 314 g/mol. The lowest BCUT2D eigenvalue weighted by molar-refractivity contribution is 0.353. The molecule has 0 aliphatic heterocycles. The molecule has 2 bridgehead atoms. The van der Waals surface area contributed by atoms with Crippen LogP contribution in [0, 0.1) is 0 Å². The van der Waals surface area contributed by atoms with E-state index < -0.39 is 0 Å². The van der Waals surface area contributed by atoms with Crippen LogP contribution in [0.25, 0.3) is 10.9 Å². The molecule has 0 radical (unpaired) electrons. The second kappa shape index (κ2) is 5.62. The number of hydrogen-bond acceptors (Lipinski definition) is 2. The second-order valence-corrected chi connectivity index (χ2v) is 7.19. The largest absolute Gasteiger partial charge is 0.380 e. The molecule has 0 unspecified atom stereocenters. The van der Waals surface area contributed by atoms with Gasteiger partial charge in [-0.15, -0.1) is 0 Å². The minimum Gasteiger partial charge on any atom is -0.380 e. The normalized spacial score (nSPS) is 21.7. The lowest BCUT2D eigenvalue weighted by Gasteiger charge is -2.39. The van der Waals surface area contributed by atoms with E-state index in [2.05, 4.69) is 59.9 Å². The van der Waals surface area contributed by atoms with Crippen molar-refractivity contribution in [1.29, 1.82) is 0 Å². The maximum absolute atomic E-state index is 5.07. The smallest absolute Gasteiger partial charge is 0.0726 e. The first kappa shape index (κ1) is 14.0. The van der Waals surface area contributed by atoms with Gasteiger partial charge >= 0.3 is 0 Å². The summed E-state index contributed by atoms with van der Waals surface area (Å²) in [6.07, 6.45) is 5.30. The van der Waals surface area contributed by atoms with Crippen LogP contribution >= 0.6 is 0 Å². The molecule has 2 heteroatoms. The lowest BCUT2D eigenvalue weighted by atomic mass is 9.68. The van der Waals surface area contributed by atoms with E-state index in [0.717, 1.165) is 12.1 Å². The minimum atomic E-state index is 0.673. The number of pyridine rings is 1. The van der Waals surface area contributed by atoms with E-state index in [9.17, 15) is 0 Å². The fourth-order valence-corrected chi connectivity index (χ4v) is 4.60. The summed E-state index contributed by atoms with van der Waals surface area (Å²) in [5, 5.41) is 5.05. The Morgan fingerprint density at radius 2 is 1.54 bits per heavy atom. The zero-order valence-electron chi connectivity index (χ0n) is 13.8. The van der Waals surface area contributed by atoms with Crippen LogP contribution in [0.4, 0.5) is 5.69 Å². The summed E-state index contributed by atoms with van der Waals surface area (Å²) >= 11 is 0. The molecule has 24 heavy (non-hydrogen) atoms. The molecule has 1 N–H and O–H groups in total. The number of benzene rings is 2. The molecule has 1 aromatic heterocycles. The summed E-state index contributed by atoms with van der Waals surface area (Å²) in [7, 11) is 0. The molecule has 6 rings (SSSR count). The standard InChI is InChI=1S/C22H22N2/c1-2-6-15(7-3-1)14-23-22-18-8-4-5-9-19(18)24-21-17-12-10-16(11-13-17)20(21)22/h1-9,16-17H,10-14H2,(H,23,24). The van der Waals surface area contributed by atoms with Crippen LogP contribution in [0.1, 0.15) is 54.3 Å². The number of anilines is 1. The van der Waals surface area contributed by atoms with Gasteiger partial charge in [0.05, 0.1) is 5.52 Å². The van der Waals surface area contributed by atoms with Gasteiger partial charge in [-0.1, -0.05) is 48.5 Å². The van der Waals surface area contributed by atoms with Crippen LogP contribution in [-0.2, 0) is 6.54 Å². The van der Waals surface area contributed by atoms with Gasteiger partial charge in [0, 0.05) is 34.8 Å². The molecular formula is C22H22N2. The first-order chi connectivity index (χ1) is 11.9. The van der Waals surface area contributed by atoms with Crippen molar-refractivity contribution in [2.24, 2.45) is 0 Å². The maximum Gasteiger partial charge on any atom is 0.0726 e. The van der Waals surface area contributed by atoms with Crippen molar-refractivity contribution < 1.29 is 0 Å². The summed E-state index contributed by atoms with van der Waals surface area (Å²) in [5.41, 5.74) is 6.71. The van der Waals surface area contributed by atoms with Crippen LogP contribution in [0.15, 0.2) is 54.6 Å². The Hall–Kier alpha value is -2.35. The number of para-hydroxylation sites is 1. The average molecular weight is 314 g/mol. The number of fused-ring (bicyclic) bond motifs is 3. The number of nitrogens with zero attached hydrogens (tertiary/aromatic N) is 1. The third-order valence-corrected chi connectivity index (χ3v) is 5.79. The fraction of sp³-hybridized carbons (Fsp3) is 0.318. The van der Waals surface area contributed by atoms with E-state index in [1.807, 2.05) is 0 Å². The molecule has 3 aromatic rings. The van der Waals surface area contributed by atoms with E-state index in [0.29, 0.717) is 11.8 Å². The van der Waals surface area contributed by atoms with E-state index in [1.54, 1.807) is 0 Å². The summed E-state index contributed by atoms with van der Waals surface area (Å²) in [6.45, 7) is 0.874. The zero-order chi connectivity index (χ0) is 15.9. The topological polar surface area (TPSA) is 24.9 Å². The van der Waals surface area contributed by atoms with Gasteiger partial charge in [-0.05, 0) is 43.2 Å². The number of rotatable bonds is 3. The zero-order valence-corrected chi connectivity index (χ0v) is 13.8. The first-order valence-electron chi connectivity index (χ1n) is 9.10. The van der Waals surface area contributed by atoms with E-state index in [4.69, 9.17) is 4.98 Å². The van der Waals surface area contributed by atoms with Gasteiger partial charge in [0.1, 0.15) is 0 Å². The molecule has 0 spiro atoms. The van der Waals surface area contributed by atoms with Gasteiger partial charge in [-0.3, -0.25) is 4.98 Å². The second-order valence-electron chi connectivity index (χ2n) is 7.19. The van der Waals surface area contributed by atoms with Crippen molar-refractivity contribution >= 4 is 16.6 Å². The Morgan fingerprint density at radius 1 is 0.833 bits per heavy atom. The van der Waals surface area contributed by atoms with Crippen molar-refractivity contribution in [1.82, 2.24) is 4.98 Å². The predicted octanol–water partition coefficient (Wildman–Crippen LogP) is 5.60. The molecule has 120 valence electrons. The average Bonchev–Trinajstić information content (AvgIpc) is 2.67. The highest BCUT2D eigenvalue weighted by molar-refractivity contribution is 5.94. The highest BCUT2D eigenvalue weighted by atomic mass is 14.9. The Balaban J connectivity index is 1.64. The number of nitrogens with one attached hydrogen (secondary N) is 1. The van der Waals surface area contributed by atoms with Gasteiger partial charge in [-0.2, -0.15) is 0 Å². The molecule has 3 aliphatic carbocycles. The molecule has 2 nitrogen and oxygen atoms in total. The van der Waals surface area contributed by atoms with Gasteiger partial charge in [0.15, 0.2) is 0 Å². The van der Waals surface area contributed by atoms with Gasteiger partial charge in [0.2, 0.25) is 0 Å². The van der Waals surface area contributed by atoms with Crippen LogP contribution in [0.5, 0.6) is 0 Å². The summed E-state index contributed by atoms with van der Waals surface area (Å²) < 4.78 is 0. The first-order valence-corrected chi connectivity index (χ1v) is 9.10.